The highest BCUT2D eigenvalue weighted by Gasteiger charge is 2.07. The number of ether oxygens (including phenoxy) is 1. The van der Waals surface area contributed by atoms with Crippen LogP contribution in [0.3, 0.4) is 0 Å². The fourth-order valence-electron chi connectivity index (χ4n) is 1.08. The van der Waals surface area contributed by atoms with E-state index in [1.807, 2.05) is 6.07 Å². The normalized spacial score (nSPS) is 9.25. The molecule has 6 nitrogen and oxygen atoms in total. The van der Waals surface area contributed by atoms with Gasteiger partial charge in [0.2, 0.25) is 0 Å². The van der Waals surface area contributed by atoms with Crippen LogP contribution in [-0.4, -0.2) is 24.1 Å². The van der Waals surface area contributed by atoms with Crippen molar-refractivity contribution in [2.24, 2.45) is 0 Å². The number of nitrogens with two attached hydrogens (primary N) is 1. The van der Waals surface area contributed by atoms with Crippen LogP contribution in [0, 0.1) is 11.3 Å². The SMILES string of the molecule is CCOC(=O)CNc1nccc(C#N)c1N. The summed E-state index contributed by atoms with van der Waals surface area (Å²) in [5.41, 5.74) is 6.21. The van der Waals surface area contributed by atoms with E-state index in [1.54, 1.807) is 6.92 Å². The van der Waals surface area contributed by atoms with E-state index < -0.39 is 5.97 Å². The van der Waals surface area contributed by atoms with Crippen LogP contribution < -0.4 is 11.1 Å². The van der Waals surface area contributed by atoms with Crippen LogP contribution in [0.2, 0.25) is 0 Å². The molecule has 0 aliphatic heterocycles. The van der Waals surface area contributed by atoms with Crippen LogP contribution in [-0.2, 0) is 9.53 Å². The maximum Gasteiger partial charge on any atom is 0.325 e. The molecule has 0 atom stereocenters. The lowest BCUT2D eigenvalue weighted by molar-refractivity contribution is -0.140. The smallest absolute Gasteiger partial charge is 0.325 e. The molecule has 0 aromatic carbocycles. The van der Waals surface area contributed by atoms with Gasteiger partial charge in [0.1, 0.15) is 12.6 Å². The number of esters is 1. The number of anilines is 2. The average Bonchev–Trinajstić information content (AvgIpc) is 2.28. The minimum absolute atomic E-state index is 0.0279. The fraction of sp³-hybridized carbons (Fsp3) is 0.300. The summed E-state index contributed by atoms with van der Waals surface area (Å²) >= 11 is 0. The molecule has 0 bridgehead atoms. The molecule has 1 heterocycles. The number of carbonyl (C=O) groups is 1. The standard InChI is InChI=1S/C10H12N4O2/c1-2-16-8(15)6-14-10-9(12)7(5-11)3-4-13-10/h3-4H,2,6,12H2,1H3,(H,13,14). The van der Waals surface area contributed by atoms with Gasteiger partial charge in [0, 0.05) is 6.20 Å². The summed E-state index contributed by atoms with van der Waals surface area (Å²) < 4.78 is 4.73. The van der Waals surface area contributed by atoms with Crippen molar-refractivity contribution < 1.29 is 9.53 Å². The minimum Gasteiger partial charge on any atom is -0.465 e. The van der Waals surface area contributed by atoms with Crippen LogP contribution >= 0.6 is 0 Å². The third-order valence-corrected chi connectivity index (χ3v) is 1.82. The van der Waals surface area contributed by atoms with Gasteiger partial charge in [0.15, 0.2) is 5.82 Å². The third-order valence-electron chi connectivity index (χ3n) is 1.82. The zero-order chi connectivity index (χ0) is 12.0. The lowest BCUT2D eigenvalue weighted by Crippen LogP contribution is -2.18. The van der Waals surface area contributed by atoms with E-state index in [1.165, 1.54) is 12.3 Å². The maximum atomic E-state index is 11.1. The van der Waals surface area contributed by atoms with E-state index >= 15 is 0 Å². The van der Waals surface area contributed by atoms with Gasteiger partial charge in [-0.1, -0.05) is 0 Å². The summed E-state index contributed by atoms with van der Waals surface area (Å²) in [7, 11) is 0. The molecule has 1 aromatic rings. The summed E-state index contributed by atoms with van der Waals surface area (Å²) in [6, 6.07) is 3.43. The fourth-order valence-corrected chi connectivity index (χ4v) is 1.08. The predicted molar refractivity (Wildman–Crippen MR) is 58.5 cm³/mol. The van der Waals surface area contributed by atoms with E-state index in [2.05, 4.69) is 10.3 Å². The second-order valence-electron chi connectivity index (χ2n) is 2.89. The number of nitrogens with one attached hydrogen (secondary N) is 1. The van der Waals surface area contributed by atoms with Crippen molar-refractivity contribution in [1.82, 2.24) is 4.98 Å². The Morgan fingerprint density at radius 1 is 1.75 bits per heavy atom. The number of hydrogen-bond donors (Lipinski definition) is 2. The Hall–Kier alpha value is -2.29. The first-order valence-corrected chi connectivity index (χ1v) is 4.73. The third kappa shape index (κ3) is 2.85. The summed E-state index contributed by atoms with van der Waals surface area (Å²) in [4.78, 5) is 15.0. The number of nitrogen functional groups attached to an aromatic ring is 1. The molecule has 6 heteroatoms. The van der Waals surface area contributed by atoms with Gasteiger partial charge in [0.05, 0.1) is 17.9 Å². The Labute approximate surface area is 93.0 Å². The summed E-state index contributed by atoms with van der Waals surface area (Å²) in [6.07, 6.45) is 1.45. The van der Waals surface area contributed by atoms with Gasteiger partial charge in [0.25, 0.3) is 0 Å². The number of aromatic nitrogens is 1. The van der Waals surface area contributed by atoms with Gasteiger partial charge in [-0.2, -0.15) is 5.26 Å². The molecule has 16 heavy (non-hydrogen) atoms. The van der Waals surface area contributed by atoms with Crippen molar-refractivity contribution >= 4 is 17.5 Å². The van der Waals surface area contributed by atoms with Crippen LogP contribution in [0.1, 0.15) is 12.5 Å². The lowest BCUT2D eigenvalue weighted by Gasteiger charge is -2.08. The molecular formula is C10H12N4O2. The van der Waals surface area contributed by atoms with Crippen LogP contribution in [0.15, 0.2) is 12.3 Å². The quantitative estimate of drug-likeness (QED) is 0.717. The number of hydrogen-bond acceptors (Lipinski definition) is 6. The van der Waals surface area contributed by atoms with Gasteiger partial charge in [-0.15, -0.1) is 0 Å². The molecule has 0 aliphatic rings. The van der Waals surface area contributed by atoms with Crippen LogP contribution in [0.25, 0.3) is 0 Å². The highest BCUT2D eigenvalue weighted by Crippen LogP contribution is 2.18. The largest absolute Gasteiger partial charge is 0.465 e. The molecule has 0 saturated heterocycles. The van der Waals surface area contributed by atoms with Crippen molar-refractivity contribution in [1.29, 1.82) is 5.26 Å². The molecule has 0 radical (unpaired) electrons. The number of carbonyl (C=O) groups excluding carboxylic acids is 1. The molecule has 0 spiro atoms. The average molecular weight is 220 g/mol. The zero-order valence-corrected chi connectivity index (χ0v) is 8.86. The van der Waals surface area contributed by atoms with Gasteiger partial charge in [-0.05, 0) is 13.0 Å². The number of pyridine rings is 1. The molecule has 3 N–H and O–H groups in total. The molecule has 0 saturated carbocycles. The molecular weight excluding hydrogens is 208 g/mol. The topological polar surface area (TPSA) is 101 Å². The van der Waals surface area contributed by atoms with Gasteiger partial charge in [-0.3, -0.25) is 4.79 Å². The Morgan fingerprint density at radius 2 is 2.50 bits per heavy atom. The zero-order valence-electron chi connectivity index (χ0n) is 8.86. The van der Waals surface area contributed by atoms with E-state index in [9.17, 15) is 4.79 Å². The van der Waals surface area contributed by atoms with Gasteiger partial charge >= 0.3 is 5.97 Å². The molecule has 0 unspecified atom stereocenters. The molecule has 0 fully saturated rings. The molecule has 1 rings (SSSR count). The van der Waals surface area contributed by atoms with Gasteiger partial charge in [-0.25, -0.2) is 4.98 Å². The molecule has 1 aromatic heterocycles. The van der Waals surface area contributed by atoms with Crippen molar-refractivity contribution in [3.63, 3.8) is 0 Å². The van der Waals surface area contributed by atoms with E-state index in [4.69, 9.17) is 15.7 Å². The Balaban J connectivity index is 2.68. The van der Waals surface area contributed by atoms with Crippen LogP contribution in [0.5, 0.6) is 0 Å². The Morgan fingerprint density at radius 3 is 3.12 bits per heavy atom. The Kier molecular flexibility index (Phi) is 4.09. The second-order valence-corrected chi connectivity index (χ2v) is 2.89. The first-order valence-electron chi connectivity index (χ1n) is 4.73. The number of nitrogens with zero attached hydrogens (tertiary/aromatic N) is 2. The molecule has 0 aliphatic carbocycles. The second kappa shape index (κ2) is 5.56. The number of rotatable bonds is 4. The first kappa shape index (κ1) is 11.8. The minimum atomic E-state index is -0.397. The van der Waals surface area contributed by atoms with Crippen molar-refractivity contribution in [3.05, 3.63) is 17.8 Å². The number of nitriles is 1. The molecule has 84 valence electrons. The summed E-state index contributed by atoms with van der Waals surface area (Å²) in [6.45, 7) is 2.02. The summed E-state index contributed by atoms with van der Waals surface area (Å²) in [5, 5.41) is 11.4. The Bertz CT molecular complexity index is 425. The van der Waals surface area contributed by atoms with Crippen LogP contribution in [0.4, 0.5) is 11.5 Å². The molecule has 0 amide bonds. The van der Waals surface area contributed by atoms with E-state index in [-0.39, 0.29) is 12.2 Å². The van der Waals surface area contributed by atoms with Crippen molar-refractivity contribution in [2.45, 2.75) is 6.92 Å². The lowest BCUT2D eigenvalue weighted by atomic mass is 10.2. The van der Waals surface area contributed by atoms with Crippen molar-refractivity contribution in [2.75, 3.05) is 24.2 Å². The summed E-state index contributed by atoms with van der Waals surface area (Å²) in [5.74, 6) is -0.0850. The monoisotopic (exact) mass is 220 g/mol. The maximum absolute atomic E-state index is 11.1. The highest BCUT2D eigenvalue weighted by atomic mass is 16.5. The van der Waals surface area contributed by atoms with Crippen molar-refractivity contribution in [3.8, 4) is 6.07 Å². The van der Waals surface area contributed by atoms with E-state index in [0.717, 1.165) is 0 Å². The van der Waals surface area contributed by atoms with E-state index in [0.29, 0.717) is 18.0 Å². The highest BCUT2D eigenvalue weighted by molar-refractivity contribution is 5.77. The van der Waals surface area contributed by atoms with Gasteiger partial charge < -0.3 is 15.8 Å². The predicted octanol–water partition coefficient (Wildman–Crippen LogP) is 0.510. The first-order chi connectivity index (χ1) is 7.69.